The summed E-state index contributed by atoms with van der Waals surface area (Å²) in [6.07, 6.45) is 0.855. The molecule has 0 aliphatic rings. The lowest BCUT2D eigenvalue weighted by molar-refractivity contribution is -0.119. The van der Waals surface area contributed by atoms with E-state index in [1.54, 1.807) is 51.1 Å². The minimum atomic E-state index is -3.72. The lowest BCUT2D eigenvalue weighted by Gasteiger charge is -2.27. The van der Waals surface area contributed by atoms with Crippen molar-refractivity contribution in [3.05, 3.63) is 42.4 Å². The summed E-state index contributed by atoms with van der Waals surface area (Å²) in [6.45, 7) is 5.14. The van der Waals surface area contributed by atoms with Crippen LogP contribution in [0, 0.1) is 0 Å². The highest BCUT2D eigenvalue weighted by Crippen LogP contribution is 2.45. The molecule has 2 amide bonds. The van der Waals surface area contributed by atoms with Crippen molar-refractivity contribution in [3.63, 3.8) is 0 Å². The number of benzene rings is 1. The number of hydrogen-bond donors (Lipinski definition) is 2. The summed E-state index contributed by atoms with van der Waals surface area (Å²) >= 11 is 0. The van der Waals surface area contributed by atoms with Crippen molar-refractivity contribution >= 4 is 20.1 Å². The molecule has 1 aromatic rings. The molecule has 0 heterocycles. The van der Waals surface area contributed by atoms with Gasteiger partial charge in [0.1, 0.15) is 5.75 Å². The van der Waals surface area contributed by atoms with E-state index in [0.29, 0.717) is 12.2 Å². The Balaban J connectivity index is 2.82. The maximum absolute atomic E-state index is 13.8. The average molecular weight is 459 g/mol. The highest BCUT2D eigenvalue weighted by molar-refractivity contribution is 7.52. The number of rotatable bonds is 14. The Labute approximate surface area is 182 Å². The largest absolute Gasteiger partial charge is 0.459 e. The Kier molecular flexibility index (Phi) is 11.4. The van der Waals surface area contributed by atoms with E-state index < -0.39 is 31.6 Å². The van der Waals surface area contributed by atoms with Crippen molar-refractivity contribution in [2.24, 2.45) is 0 Å². The predicted molar refractivity (Wildman–Crippen MR) is 115 cm³/mol. The third-order valence-electron chi connectivity index (χ3n) is 4.09. The van der Waals surface area contributed by atoms with Gasteiger partial charge in [0.15, 0.2) is 0 Å². The topological polar surface area (TPSA) is 106 Å². The summed E-state index contributed by atoms with van der Waals surface area (Å²) in [5.74, 6) is -1.67. The van der Waals surface area contributed by atoms with Crippen molar-refractivity contribution in [1.82, 2.24) is 15.3 Å². The number of carbonyl (C=O) groups is 2. The summed E-state index contributed by atoms with van der Waals surface area (Å²) in [4.78, 5) is 23.7. The highest BCUT2D eigenvalue weighted by Gasteiger charge is 2.30. The standard InChI is InChI=1S/C20H31FN3O6P/c1-15(2)23-31(27,30-17-9-7-6-8-10-17)29-13-18(28-5)11-16(3)24(14-25)12-19(21)20(26)22-4/h6-10,12,14-16,18H,11,13H2,1-5H3,(H,22,26)(H,23,27)/b19-12+. The molecule has 0 aliphatic carbocycles. The molecule has 174 valence electrons. The van der Waals surface area contributed by atoms with Gasteiger partial charge in [-0.3, -0.25) is 14.1 Å². The molecule has 0 radical (unpaired) electrons. The second-order valence-corrected chi connectivity index (χ2v) is 8.73. The van der Waals surface area contributed by atoms with Crippen LogP contribution in [0.25, 0.3) is 0 Å². The van der Waals surface area contributed by atoms with E-state index in [1.165, 1.54) is 14.2 Å². The van der Waals surface area contributed by atoms with Gasteiger partial charge in [0, 0.05) is 32.4 Å². The molecule has 0 spiro atoms. The Hall–Kier alpha value is -2.26. The van der Waals surface area contributed by atoms with Crippen LogP contribution < -0.4 is 14.9 Å². The first-order valence-corrected chi connectivity index (χ1v) is 11.3. The molecule has 3 atom stereocenters. The number of nitrogens with one attached hydrogen (secondary N) is 2. The normalized spacial score (nSPS) is 15.6. The lowest BCUT2D eigenvalue weighted by Crippen LogP contribution is -2.34. The number of methoxy groups -OCH3 is 1. The Morgan fingerprint density at radius 3 is 2.42 bits per heavy atom. The summed E-state index contributed by atoms with van der Waals surface area (Å²) in [6, 6.07) is 7.89. The van der Waals surface area contributed by atoms with Crippen LogP contribution in [0.1, 0.15) is 27.2 Å². The first-order valence-electron chi connectivity index (χ1n) is 9.76. The molecular weight excluding hydrogens is 428 g/mol. The van der Waals surface area contributed by atoms with Gasteiger partial charge in [-0.25, -0.2) is 9.65 Å². The van der Waals surface area contributed by atoms with Crippen LogP contribution >= 0.6 is 7.75 Å². The van der Waals surface area contributed by atoms with E-state index in [4.69, 9.17) is 13.8 Å². The van der Waals surface area contributed by atoms with Crippen LogP contribution in [0.3, 0.4) is 0 Å². The minimum Gasteiger partial charge on any atom is -0.413 e. The average Bonchev–Trinajstić information content (AvgIpc) is 2.73. The number of carbonyl (C=O) groups excluding carboxylic acids is 2. The fourth-order valence-corrected chi connectivity index (χ4v) is 4.09. The zero-order valence-corrected chi connectivity index (χ0v) is 19.3. The van der Waals surface area contributed by atoms with Crippen molar-refractivity contribution in [2.45, 2.75) is 45.4 Å². The van der Waals surface area contributed by atoms with E-state index in [9.17, 15) is 18.5 Å². The highest BCUT2D eigenvalue weighted by atomic mass is 31.2. The van der Waals surface area contributed by atoms with Gasteiger partial charge in [0.05, 0.1) is 12.7 Å². The van der Waals surface area contributed by atoms with Gasteiger partial charge in [0.25, 0.3) is 5.91 Å². The molecule has 1 aromatic carbocycles. The third-order valence-corrected chi connectivity index (χ3v) is 5.86. The molecule has 11 heteroatoms. The quantitative estimate of drug-likeness (QED) is 0.250. The minimum absolute atomic E-state index is 0.112. The van der Waals surface area contributed by atoms with Gasteiger partial charge in [0.2, 0.25) is 12.2 Å². The summed E-state index contributed by atoms with van der Waals surface area (Å²) in [5.41, 5.74) is 0. The van der Waals surface area contributed by atoms with Gasteiger partial charge in [-0.1, -0.05) is 18.2 Å². The summed E-state index contributed by atoms with van der Waals surface area (Å²) < 4.78 is 43.5. The maximum Gasteiger partial charge on any atom is 0.459 e. The van der Waals surface area contributed by atoms with E-state index in [2.05, 4.69) is 10.4 Å². The second kappa shape index (κ2) is 13.2. The fraction of sp³-hybridized carbons (Fsp3) is 0.500. The Morgan fingerprint density at radius 2 is 1.90 bits per heavy atom. The number of hydrogen-bond acceptors (Lipinski definition) is 6. The molecule has 2 N–H and O–H groups in total. The molecule has 31 heavy (non-hydrogen) atoms. The Morgan fingerprint density at radius 1 is 1.26 bits per heavy atom. The van der Waals surface area contributed by atoms with Gasteiger partial charge < -0.3 is 19.5 Å². The molecule has 0 bridgehead atoms. The molecule has 0 saturated carbocycles. The first kappa shape index (κ1) is 26.8. The molecule has 1 rings (SSSR count). The molecule has 0 aromatic heterocycles. The molecule has 3 unspecified atom stereocenters. The SMILES string of the molecule is CNC(=O)/C(F)=C\N(C=O)C(C)CC(COP(=O)(NC(C)C)Oc1ccccc1)OC. The van der Waals surface area contributed by atoms with Crippen molar-refractivity contribution < 1.29 is 32.3 Å². The van der Waals surface area contributed by atoms with E-state index in [1.807, 2.05) is 0 Å². The maximum atomic E-state index is 13.8. The smallest absolute Gasteiger partial charge is 0.413 e. The summed E-state index contributed by atoms with van der Waals surface area (Å²) in [7, 11) is -0.999. The third kappa shape index (κ3) is 9.61. The molecule has 0 aliphatic heterocycles. The number of nitrogens with zero attached hydrogens (tertiary/aromatic N) is 1. The molecule has 0 saturated heterocycles. The van der Waals surface area contributed by atoms with Crippen molar-refractivity contribution in [1.29, 1.82) is 0 Å². The van der Waals surface area contributed by atoms with Crippen LogP contribution in [-0.2, 0) is 23.4 Å². The molecular formula is C20H31FN3O6P. The van der Waals surface area contributed by atoms with Gasteiger partial charge in [-0.05, 0) is 39.3 Å². The number of likely N-dealkylation sites (N-methyl/N-ethyl adjacent to an activating group) is 1. The zero-order valence-electron chi connectivity index (χ0n) is 18.4. The van der Waals surface area contributed by atoms with Crippen molar-refractivity contribution in [3.8, 4) is 5.75 Å². The first-order chi connectivity index (χ1) is 14.6. The zero-order chi connectivity index (χ0) is 23.4. The van der Waals surface area contributed by atoms with E-state index in [-0.39, 0.29) is 19.1 Å². The van der Waals surface area contributed by atoms with Gasteiger partial charge in [-0.15, -0.1) is 0 Å². The number of ether oxygens (including phenoxy) is 1. The number of halogens is 1. The van der Waals surface area contributed by atoms with Gasteiger partial charge in [-0.2, -0.15) is 4.39 Å². The lowest BCUT2D eigenvalue weighted by atomic mass is 10.1. The van der Waals surface area contributed by atoms with E-state index >= 15 is 0 Å². The number of amides is 2. The van der Waals surface area contributed by atoms with Crippen LogP contribution in [0.2, 0.25) is 0 Å². The van der Waals surface area contributed by atoms with Crippen LogP contribution in [-0.4, -0.2) is 56.2 Å². The van der Waals surface area contributed by atoms with Crippen LogP contribution in [0.4, 0.5) is 4.39 Å². The van der Waals surface area contributed by atoms with E-state index in [0.717, 1.165) is 11.1 Å². The fourth-order valence-electron chi connectivity index (χ4n) is 2.51. The predicted octanol–water partition coefficient (Wildman–Crippen LogP) is 3.00. The van der Waals surface area contributed by atoms with Gasteiger partial charge >= 0.3 is 7.75 Å². The Bertz CT molecular complexity index is 777. The molecule has 9 nitrogen and oxygen atoms in total. The monoisotopic (exact) mass is 459 g/mol. The van der Waals surface area contributed by atoms with Crippen LogP contribution in [0.15, 0.2) is 42.4 Å². The summed E-state index contributed by atoms with van der Waals surface area (Å²) in [5, 5.41) is 4.94. The van der Waals surface area contributed by atoms with Crippen LogP contribution in [0.5, 0.6) is 5.75 Å². The molecule has 0 fully saturated rings. The van der Waals surface area contributed by atoms with Crippen molar-refractivity contribution in [2.75, 3.05) is 20.8 Å². The number of para-hydroxylation sites is 1. The second-order valence-electron chi connectivity index (χ2n) is 7.03.